The maximum Gasteiger partial charge on any atom is 0.496 e. The van der Waals surface area contributed by atoms with E-state index in [1.807, 2.05) is 27.7 Å². The van der Waals surface area contributed by atoms with Crippen molar-refractivity contribution < 1.29 is 46.2 Å². The van der Waals surface area contributed by atoms with Crippen LogP contribution in [-0.2, 0) is 46.5 Å². The van der Waals surface area contributed by atoms with Crippen LogP contribution in [0.1, 0.15) is 52.0 Å². The third-order valence-corrected chi connectivity index (χ3v) is 22.4. The molecule has 8 heterocycles. The molecule has 2 saturated heterocycles. The van der Waals surface area contributed by atoms with E-state index in [1.54, 1.807) is 70.7 Å². The fourth-order valence-electron chi connectivity index (χ4n) is 7.86. The van der Waals surface area contributed by atoms with E-state index in [1.165, 1.54) is 59.4 Å². The molecule has 1 unspecified atom stereocenters. The van der Waals surface area contributed by atoms with Gasteiger partial charge in [0, 0.05) is 153 Å². The highest BCUT2D eigenvalue weighted by molar-refractivity contribution is 9.10. The number of carbonyl (C=O) groups is 1. The number of piperidine rings is 1. The Morgan fingerprint density at radius 1 is 0.570 bits per heavy atom. The van der Waals surface area contributed by atoms with E-state index >= 15 is 0 Å². The molecule has 1 atom stereocenters. The smallest absolute Gasteiger partial charge is 0.399 e. The van der Waals surface area contributed by atoms with Gasteiger partial charge in [-0.1, -0.05) is 102 Å². The highest BCUT2D eigenvalue weighted by Crippen LogP contribution is 2.36. The molecule has 2 aliphatic heterocycles. The second kappa shape index (κ2) is 39.7. The van der Waals surface area contributed by atoms with Crippen LogP contribution >= 0.6 is 43.5 Å². The number of halogens is 6. The Balaban J connectivity index is 0.000000301. The molecule has 0 aliphatic carbocycles. The van der Waals surface area contributed by atoms with E-state index < -0.39 is 57.3 Å². The van der Waals surface area contributed by atoms with Crippen LogP contribution in [0, 0.1) is 17.8 Å². The number of ether oxygens (including phenoxy) is 4. The van der Waals surface area contributed by atoms with Crippen molar-refractivity contribution in [1.82, 2.24) is 34.0 Å². The summed E-state index contributed by atoms with van der Waals surface area (Å²) >= 11 is 11.8. The SMILES string of the molecule is CC1(C)OB(c2ccc(F)nc2)OC1(C)C.C[Si](C)(C)CCOCCl.C[Si](C)(C)CCOCN1CC(c2ccc(F)nc2)CCC1=O.C[Si](C)(C)CCOCn1cc(-c2ccc(F)nc2)ccc1=O.C[Si](C)(C)CCOCn1cc(Br)ccc1=O.O=c1ccc(Br)c[nH]1. The number of likely N-dealkylation sites (tertiary alicyclic amines) is 1. The molecular weight excluding hydrogens is 1410 g/mol. The minimum absolute atomic E-state index is 0.0313. The minimum atomic E-state index is -1.13. The number of hydrogen-bond donors (Lipinski definition) is 1. The molecule has 93 heavy (non-hydrogen) atoms. The predicted molar refractivity (Wildman–Crippen MR) is 387 cm³/mol. The van der Waals surface area contributed by atoms with Crippen LogP contribution in [0.5, 0.6) is 0 Å². The van der Waals surface area contributed by atoms with Gasteiger partial charge in [0.1, 0.15) is 26.3 Å². The topological polar surface area (TPSA) is 191 Å². The van der Waals surface area contributed by atoms with E-state index in [2.05, 4.69) is 130 Å². The molecule has 17 nitrogen and oxygen atoms in total. The van der Waals surface area contributed by atoms with Gasteiger partial charge in [-0.25, -0.2) is 15.0 Å². The summed E-state index contributed by atoms with van der Waals surface area (Å²) in [5.41, 5.74) is 2.30. The molecule has 8 rings (SSSR count). The number of carbonyl (C=O) groups excluding carboxylic acids is 1. The molecule has 2 aliphatic rings. The molecule has 2 fully saturated rings. The summed E-state index contributed by atoms with van der Waals surface area (Å²) in [5.74, 6) is -1.14. The summed E-state index contributed by atoms with van der Waals surface area (Å²) in [6.45, 7) is 40.0. The molecule has 6 aromatic heterocycles. The fourth-order valence-corrected chi connectivity index (χ4v) is 11.6. The number of pyridine rings is 6. The van der Waals surface area contributed by atoms with Crippen molar-refractivity contribution in [2.24, 2.45) is 0 Å². The molecule has 1 amide bonds. The Kier molecular flexibility index (Phi) is 35.3. The van der Waals surface area contributed by atoms with Crippen LogP contribution in [0.15, 0.2) is 133 Å². The lowest BCUT2D eigenvalue weighted by atomic mass is 9.80. The van der Waals surface area contributed by atoms with Gasteiger partial charge in [0.05, 0.1) is 11.2 Å². The first kappa shape index (κ1) is 82.7. The summed E-state index contributed by atoms with van der Waals surface area (Å²) in [6, 6.07) is 23.4. The lowest BCUT2D eigenvalue weighted by molar-refractivity contribution is -0.139. The van der Waals surface area contributed by atoms with E-state index in [0.717, 1.165) is 68.9 Å². The van der Waals surface area contributed by atoms with Gasteiger partial charge in [-0.2, -0.15) is 13.2 Å². The molecule has 1 N–H and O–H groups in total. The number of hydrogen-bond acceptors (Lipinski definition) is 13. The molecule has 0 spiro atoms. The summed E-state index contributed by atoms with van der Waals surface area (Å²) < 4.78 is 76.7. The van der Waals surface area contributed by atoms with Gasteiger partial charge in [0.25, 0.3) is 11.1 Å². The largest absolute Gasteiger partial charge is 0.496 e. The van der Waals surface area contributed by atoms with Crippen molar-refractivity contribution in [3.05, 3.63) is 173 Å². The first-order valence-electron chi connectivity index (χ1n) is 31.0. The van der Waals surface area contributed by atoms with Crippen LogP contribution in [-0.4, -0.2) is 136 Å². The summed E-state index contributed by atoms with van der Waals surface area (Å²) in [4.78, 5) is 60.8. The molecular formula is C65H98BBr2ClF3N7O10Si4. The maximum absolute atomic E-state index is 12.9. The second-order valence-corrected chi connectivity index (χ2v) is 52.8. The quantitative estimate of drug-likeness (QED) is 0.0293. The number of alkyl halides is 1. The monoisotopic (exact) mass is 1510 g/mol. The van der Waals surface area contributed by atoms with Crippen molar-refractivity contribution in [1.29, 1.82) is 0 Å². The normalized spacial score (nSPS) is 15.2. The van der Waals surface area contributed by atoms with E-state index in [0.29, 0.717) is 45.7 Å². The Morgan fingerprint density at radius 2 is 1.02 bits per heavy atom. The molecule has 0 bridgehead atoms. The minimum Gasteiger partial charge on any atom is -0.399 e. The number of nitrogens with one attached hydrogen (secondary N) is 1. The summed E-state index contributed by atoms with van der Waals surface area (Å²) in [5, 5.41) is 0. The van der Waals surface area contributed by atoms with Crippen LogP contribution in [0.3, 0.4) is 0 Å². The van der Waals surface area contributed by atoms with E-state index in [9.17, 15) is 32.3 Å². The lowest BCUT2D eigenvalue weighted by Gasteiger charge is -2.32. The van der Waals surface area contributed by atoms with Crippen molar-refractivity contribution in [2.75, 3.05) is 45.8 Å². The number of H-pyrrole nitrogens is 1. The zero-order valence-corrected chi connectivity index (χ0v) is 65.1. The molecule has 0 radical (unpaired) electrons. The maximum atomic E-state index is 12.9. The second-order valence-electron chi connectivity index (χ2n) is 28.3. The fraction of sp³-hybridized carbons (Fsp3) is 0.523. The Bertz CT molecular complexity index is 3320. The number of aromatic amines is 1. The van der Waals surface area contributed by atoms with Crippen LogP contribution in [0.2, 0.25) is 103 Å². The van der Waals surface area contributed by atoms with Crippen LogP contribution < -0.4 is 22.1 Å². The van der Waals surface area contributed by atoms with Gasteiger partial charge in [0.15, 0.2) is 0 Å². The molecule has 0 aromatic carbocycles. The van der Waals surface area contributed by atoms with Gasteiger partial charge in [0.2, 0.25) is 29.3 Å². The van der Waals surface area contributed by atoms with Gasteiger partial charge < -0.3 is 38.1 Å². The highest BCUT2D eigenvalue weighted by atomic mass is 79.9. The lowest BCUT2D eigenvalue weighted by Crippen LogP contribution is -2.41. The predicted octanol–water partition coefficient (Wildman–Crippen LogP) is 14.7. The van der Waals surface area contributed by atoms with Gasteiger partial charge >= 0.3 is 7.12 Å². The van der Waals surface area contributed by atoms with Crippen molar-refractivity contribution in [3.8, 4) is 11.1 Å². The third-order valence-electron chi connectivity index (χ3n) is 14.5. The summed E-state index contributed by atoms with van der Waals surface area (Å²) in [6.07, 6.45) is 10.8. The van der Waals surface area contributed by atoms with Crippen LogP contribution in [0.25, 0.3) is 11.1 Å². The van der Waals surface area contributed by atoms with E-state index in [-0.39, 0.29) is 46.4 Å². The molecule has 514 valence electrons. The zero-order valence-electron chi connectivity index (χ0n) is 57.2. The standard InChI is InChI=1S/C16H25FN2O2Si.C16H21FN2O2Si.C11H15BFNO2.C11H18BrNO2Si.C6H15ClOSi.C5H4BrNO/c2*1-22(2,3)9-8-21-12-19-11-14(5-7-16(19)20)13-4-6-15(17)18-10-13;1-10(2)11(3,4)16-12(15-10)8-5-6-9(13)14-7-8;1-16(2,3)7-6-15-9-13-8-10(12)4-5-11(13)14;1-9(2,3)5-4-8-6-7;6-4-1-2-5(8)7-3-4/h4,6,10,14H,5,7-9,11-12H2,1-3H3;4-7,10-11H,8-9,12H2,1-3H3;5-7H,1-4H3;4-5,8H,6-7,9H2,1-3H3;4-6H2,1-3H3;1-3H,(H,7,8). The average molecular weight is 1510 g/mol. The van der Waals surface area contributed by atoms with E-state index in [4.69, 9.17) is 39.9 Å². The van der Waals surface area contributed by atoms with Crippen molar-refractivity contribution in [3.63, 3.8) is 0 Å². The highest BCUT2D eigenvalue weighted by Gasteiger charge is 2.51. The van der Waals surface area contributed by atoms with Gasteiger partial charge in [-0.3, -0.25) is 28.3 Å². The number of aromatic nitrogens is 6. The van der Waals surface area contributed by atoms with Gasteiger partial charge in [-0.15, -0.1) is 0 Å². The van der Waals surface area contributed by atoms with Gasteiger partial charge in [-0.05, 0) is 144 Å². The Morgan fingerprint density at radius 3 is 1.46 bits per heavy atom. The third kappa shape index (κ3) is 34.8. The van der Waals surface area contributed by atoms with Crippen LogP contribution in [0.4, 0.5) is 13.2 Å². The number of amides is 1. The number of nitrogens with zero attached hydrogens (tertiary/aromatic N) is 6. The average Bonchev–Trinajstić information content (AvgIpc) is 1.63. The summed E-state index contributed by atoms with van der Waals surface area (Å²) in [7, 11) is -4.63. The number of rotatable bonds is 22. The molecule has 6 aromatic rings. The molecule has 0 saturated carbocycles. The molecule has 28 heteroatoms. The van der Waals surface area contributed by atoms with Crippen molar-refractivity contribution >= 4 is 94.2 Å². The Hall–Kier alpha value is -4.50. The Labute approximate surface area is 574 Å². The van der Waals surface area contributed by atoms with Crippen molar-refractivity contribution in [2.45, 2.75) is 174 Å². The first-order valence-corrected chi connectivity index (χ1v) is 48.0. The zero-order chi connectivity index (χ0) is 69.8. The first-order chi connectivity index (χ1) is 43.2.